The van der Waals surface area contributed by atoms with Gasteiger partial charge in [-0.3, -0.25) is 19.8 Å². The number of hydrogen-bond donors (Lipinski definition) is 1. The first kappa shape index (κ1) is 15.0. The number of carbonyl (C=O) groups is 3. The van der Waals surface area contributed by atoms with Crippen LogP contribution in [0.3, 0.4) is 0 Å². The highest BCUT2D eigenvalue weighted by Crippen LogP contribution is 2.29. The normalized spacial score (nSPS) is 24.4. The predicted molar refractivity (Wildman–Crippen MR) is 68.3 cm³/mol. The Labute approximate surface area is 112 Å². The first-order chi connectivity index (χ1) is 8.47. The third-order valence-electron chi connectivity index (χ3n) is 3.02. The number of unbranched alkanes of at least 4 members (excludes halogenated alkanes) is 2. The smallest absolute Gasteiger partial charge is 0.276 e. The predicted octanol–water partition coefficient (Wildman–Crippen LogP) is 2.03. The number of urea groups is 1. The molecule has 0 aromatic carbocycles. The van der Waals surface area contributed by atoms with Gasteiger partial charge in [-0.25, -0.2) is 4.79 Å². The minimum Gasteiger partial charge on any atom is -0.276 e. The van der Waals surface area contributed by atoms with Crippen molar-refractivity contribution in [3.05, 3.63) is 0 Å². The van der Waals surface area contributed by atoms with Gasteiger partial charge in [0.2, 0.25) is 4.87 Å². The second-order valence-electron chi connectivity index (χ2n) is 4.47. The van der Waals surface area contributed by atoms with E-state index in [4.69, 9.17) is 11.6 Å². The molecule has 1 fully saturated rings. The van der Waals surface area contributed by atoms with E-state index in [-0.39, 0.29) is 6.42 Å². The number of carbonyl (C=O) groups excluding carboxylic acids is 3. The molecule has 102 valence electrons. The van der Waals surface area contributed by atoms with E-state index in [1.54, 1.807) is 0 Å². The minimum atomic E-state index is -1.61. The molecule has 1 unspecified atom stereocenters. The van der Waals surface area contributed by atoms with Gasteiger partial charge in [-0.05, 0) is 12.8 Å². The topological polar surface area (TPSA) is 66.5 Å². The average Bonchev–Trinajstić information content (AvgIpc) is 2.34. The lowest BCUT2D eigenvalue weighted by Gasteiger charge is -2.35. The van der Waals surface area contributed by atoms with Crippen molar-refractivity contribution in [2.45, 2.75) is 50.8 Å². The Bertz CT molecular complexity index is 359. The summed E-state index contributed by atoms with van der Waals surface area (Å²) in [4.78, 5) is 35.0. The Morgan fingerprint density at radius 2 is 1.78 bits per heavy atom. The summed E-state index contributed by atoms with van der Waals surface area (Å²) in [6, 6.07) is -0.661. The van der Waals surface area contributed by atoms with E-state index >= 15 is 0 Å². The number of amides is 4. The molecular formula is C12H19ClN2O3. The van der Waals surface area contributed by atoms with E-state index in [9.17, 15) is 14.4 Å². The quantitative estimate of drug-likeness (QED) is 0.595. The molecule has 0 saturated carbocycles. The first-order valence-electron chi connectivity index (χ1n) is 6.33. The molecule has 1 aliphatic rings. The van der Waals surface area contributed by atoms with Crippen molar-refractivity contribution in [3.8, 4) is 0 Å². The molecule has 1 N–H and O–H groups in total. The summed E-state index contributed by atoms with van der Waals surface area (Å²) in [7, 11) is 0. The Morgan fingerprint density at radius 1 is 1.17 bits per heavy atom. The molecule has 0 spiro atoms. The number of hydrogen-bond acceptors (Lipinski definition) is 3. The van der Waals surface area contributed by atoms with Gasteiger partial charge in [0.25, 0.3) is 11.8 Å². The number of halogens is 1. The Morgan fingerprint density at radius 3 is 2.33 bits per heavy atom. The molecule has 4 amide bonds. The fourth-order valence-electron chi connectivity index (χ4n) is 1.83. The zero-order chi connectivity index (χ0) is 13.8. The number of nitrogens with zero attached hydrogens (tertiary/aromatic N) is 1. The molecular weight excluding hydrogens is 256 g/mol. The molecule has 1 saturated heterocycles. The molecule has 18 heavy (non-hydrogen) atoms. The lowest BCUT2D eigenvalue weighted by molar-refractivity contribution is -0.141. The van der Waals surface area contributed by atoms with Crippen LogP contribution in [-0.2, 0) is 9.59 Å². The molecule has 1 atom stereocenters. The van der Waals surface area contributed by atoms with Gasteiger partial charge in [-0.2, -0.15) is 0 Å². The lowest BCUT2D eigenvalue weighted by Crippen LogP contribution is -2.65. The van der Waals surface area contributed by atoms with Crippen LogP contribution in [0.4, 0.5) is 4.79 Å². The SMILES string of the molecule is CCCCN1C(=O)NC(=O)C(Cl)(CCCC)C1=O. The summed E-state index contributed by atoms with van der Waals surface area (Å²) < 4.78 is 0. The Balaban J connectivity index is 2.87. The molecule has 1 aliphatic heterocycles. The van der Waals surface area contributed by atoms with Crippen molar-refractivity contribution in [1.82, 2.24) is 10.2 Å². The van der Waals surface area contributed by atoms with Gasteiger partial charge < -0.3 is 0 Å². The van der Waals surface area contributed by atoms with Gasteiger partial charge in [-0.15, -0.1) is 0 Å². The highest BCUT2D eigenvalue weighted by molar-refractivity contribution is 6.49. The van der Waals surface area contributed by atoms with Crippen LogP contribution in [0.25, 0.3) is 0 Å². The van der Waals surface area contributed by atoms with Crippen LogP contribution in [0.1, 0.15) is 46.0 Å². The van der Waals surface area contributed by atoms with E-state index < -0.39 is 22.7 Å². The van der Waals surface area contributed by atoms with Crippen molar-refractivity contribution >= 4 is 29.4 Å². The number of rotatable bonds is 6. The summed E-state index contributed by atoms with van der Waals surface area (Å²) >= 11 is 6.14. The van der Waals surface area contributed by atoms with E-state index in [1.807, 2.05) is 13.8 Å². The molecule has 1 rings (SSSR count). The van der Waals surface area contributed by atoms with Crippen LogP contribution in [0.5, 0.6) is 0 Å². The monoisotopic (exact) mass is 274 g/mol. The lowest BCUT2D eigenvalue weighted by atomic mass is 9.96. The van der Waals surface area contributed by atoms with Gasteiger partial charge in [0.05, 0.1) is 0 Å². The molecule has 0 radical (unpaired) electrons. The van der Waals surface area contributed by atoms with E-state index in [1.165, 1.54) is 0 Å². The number of nitrogens with one attached hydrogen (secondary N) is 1. The third-order valence-corrected chi connectivity index (χ3v) is 3.54. The number of barbiturate groups is 1. The maximum Gasteiger partial charge on any atom is 0.330 e. The van der Waals surface area contributed by atoms with Crippen molar-refractivity contribution in [3.63, 3.8) is 0 Å². The highest BCUT2D eigenvalue weighted by Gasteiger charge is 2.51. The van der Waals surface area contributed by atoms with Crippen LogP contribution in [-0.4, -0.2) is 34.2 Å². The summed E-state index contributed by atoms with van der Waals surface area (Å²) in [5.41, 5.74) is 0. The molecule has 1 heterocycles. The van der Waals surface area contributed by atoms with E-state index in [0.29, 0.717) is 19.4 Å². The molecule has 5 nitrogen and oxygen atoms in total. The number of alkyl halides is 1. The molecule has 0 aliphatic carbocycles. The molecule has 6 heteroatoms. The standard InChI is InChI=1S/C12H19ClN2O3/c1-3-5-7-12(13)9(16)14-11(18)15(10(12)17)8-6-4-2/h3-8H2,1-2H3,(H,14,16,18). The average molecular weight is 275 g/mol. The zero-order valence-corrected chi connectivity index (χ0v) is 11.5. The summed E-state index contributed by atoms with van der Waals surface area (Å²) in [6.07, 6.45) is 3.31. The van der Waals surface area contributed by atoms with Crippen LogP contribution < -0.4 is 5.32 Å². The third kappa shape index (κ3) is 2.83. The van der Waals surface area contributed by atoms with E-state index in [0.717, 1.165) is 17.7 Å². The molecule has 0 aromatic heterocycles. The van der Waals surface area contributed by atoms with Crippen molar-refractivity contribution in [2.24, 2.45) is 0 Å². The largest absolute Gasteiger partial charge is 0.330 e. The Kier molecular flexibility index (Phi) is 5.14. The van der Waals surface area contributed by atoms with E-state index in [2.05, 4.69) is 5.32 Å². The van der Waals surface area contributed by atoms with Gasteiger partial charge in [0.1, 0.15) is 0 Å². The fraction of sp³-hybridized carbons (Fsp3) is 0.750. The second-order valence-corrected chi connectivity index (χ2v) is 5.12. The summed E-state index contributed by atoms with van der Waals surface area (Å²) in [6.45, 7) is 4.21. The highest BCUT2D eigenvalue weighted by atomic mass is 35.5. The summed E-state index contributed by atoms with van der Waals surface area (Å²) in [5, 5.41) is 2.16. The zero-order valence-electron chi connectivity index (χ0n) is 10.8. The van der Waals surface area contributed by atoms with Crippen molar-refractivity contribution in [1.29, 1.82) is 0 Å². The van der Waals surface area contributed by atoms with Gasteiger partial charge >= 0.3 is 6.03 Å². The van der Waals surface area contributed by atoms with Crippen molar-refractivity contribution < 1.29 is 14.4 Å². The van der Waals surface area contributed by atoms with Crippen LogP contribution in [0, 0.1) is 0 Å². The fourth-order valence-corrected chi connectivity index (χ4v) is 2.11. The van der Waals surface area contributed by atoms with Gasteiger partial charge in [0.15, 0.2) is 0 Å². The van der Waals surface area contributed by atoms with Crippen molar-refractivity contribution in [2.75, 3.05) is 6.54 Å². The van der Waals surface area contributed by atoms with Crippen LogP contribution in [0.15, 0.2) is 0 Å². The second kappa shape index (κ2) is 6.18. The molecule has 0 bridgehead atoms. The summed E-state index contributed by atoms with van der Waals surface area (Å²) in [5.74, 6) is -1.28. The number of imide groups is 2. The minimum absolute atomic E-state index is 0.256. The van der Waals surface area contributed by atoms with Gasteiger partial charge in [-0.1, -0.05) is 44.7 Å². The maximum absolute atomic E-state index is 12.2. The first-order valence-corrected chi connectivity index (χ1v) is 6.71. The van der Waals surface area contributed by atoms with Crippen LogP contribution in [0.2, 0.25) is 0 Å². The maximum atomic E-state index is 12.2. The van der Waals surface area contributed by atoms with Gasteiger partial charge in [0, 0.05) is 6.54 Å². The Hall–Kier alpha value is -1.10. The van der Waals surface area contributed by atoms with Crippen LogP contribution >= 0.6 is 11.6 Å². The molecule has 0 aromatic rings.